The van der Waals surface area contributed by atoms with Gasteiger partial charge in [0.25, 0.3) is 7.82 Å². The Hall–Kier alpha value is -2.58. The third-order valence-corrected chi connectivity index (χ3v) is 13.5. The number of aliphatic hydroxyl groups is 1. The largest absolute Gasteiger partial charge is 0.756 e. The van der Waals surface area contributed by atoms with Crippen molar-refractivity contribution in [3.63, 3.8) is 0 Å². The molecule has 8 nitrogen and oxygen atoms in total. The summed E-state index contributed by atoms with van der Waals surface area (Å²) >= 11 is 0. The van der Waals surface area contributed by atoms with Crippen molar-refractivity contribution in [2.75, 3.05) is 40.9 Å². The Bertz CT molecular complexity index is 1470. The number of likely N-dealkylation sites (N-methyl/N-ethyl adjacent to an activating group) is 1. The number of carbonyl (C=O) groups is 1. The zero-order valence-corrected chi connectivity index (χ0v) is 47.5. The topological polar surface area (TPSA) is 108 Å². The fourth-order valence-electron chi connectivity index (χ4n) is 7.98. The average Bonchev–Trinajstić information content (AvgIpc) is 3.33. The van der Waals surface area contributed by atoms with Gasteiger partial charge in [0.15, 0.2) is 0 Å². The number of hydrogen-bond acceptors (Lipinski definition) is 6. The highest BCUT2D eigenvalue weighted by atomic mass is 31.2. The molecule has 0 aromatic heterocycles. The number of nitrogens with one attached hydrogen (secondary N) is 1. The Labute approximate surface area is 439 Å². The predicted octanol–water partition coefficient (Wildman–Crippen LogP) is 17.2. The van der Waals surface area contributed by atoms with E-state index in [0.29, 0.717) is 17.4 Å². The van der Waals surface area contributed by atoms with Gasteiger partial charge in [-0.1, -0.05) is 239 Å². The summed E-state index contributed by atoms with van der Waals surface area (Å²) in [4.78, 5) is 25.5. The van der Waals surface area contributed by atoms with Crippen LogP contribution in [0, 0.1) is 0 Å². The summed E-state index contributed by atoms with van der Waals surface area (Å²) in [6.07, 6.45) is 74.8. The van der Waals surface area contributed by atoms with Gasteiger partial charge in [0.1, 0.15) is 13.2 Å². The molecule has 0 rings (SSSR count). The van der Waals surface area contributed by atoms with Crippen LogP contribution in [-0.2, 0) is 18.4 Å². The molecule has 0 saturated heterocycles. The maximum atomic E-state index is 13.0. The number of phosphoric acid groups is 1. The van der Waals surface area contributed by atoms with Gasteiger partial charge < -0.3 is 28.8 Å². The van der Waals surface area contributed by atoms with Gasteiger partial charge in [-0.3, -0.25) is 9.36 Å². The van der Waals surface area contributed by atoms with E-state index in [2.05, 4.69) is 104 Å². The quantitative estimate of drug-likeness (QED) is 0.0272. The molecule has 2 N–H and O–H groups in total. The number of carbonyl (C=O) groups excluding carboxylic acids is 1. The maximum absolute atomic E-state index is 13.0. The van der Waals surface area contributed by atoms with Crippen LogP contribution in [0.2, 0.25) is 0 Å². The summed E-state index contributed by atoms with van der Waals surface area (Å²) < 4.78 is 23.3. The van der Waals surface area contributed by atoms with Gasteiger partial charge in [-0.05, 0) is 89.9 Å². The van der Waals surface area contributed by atoms with Crippen molar-refractivity contribution in [2.24, 2.45) is 0 Å². The summed E-state index contributed by atoms with van der Waals surface area (Å²) in [6.45, 7) is 4.51. The summed E-state index contributed by atoms with van der Waals surface area (Å²) in [5.74, 6) is -0.217. The second kappa shape index (κ2) is 52.3. The van der Waals surface area contributed by atoms with Crippen molar-refractivity contribution < 1.29 is 32.9 Å². The van der Waals surface area contributed by atoms with E-state index in [9.17, 15) is 19.4 Å². The molecule has 1 amide bonds. The summed E-state index contributed by atoms with van der Waals surface area (Å²) in [5, 5.41) is 13.9. The standard InChI is InChI=1S/C62H111N2O6P/c1-6-8-10-12-14-16-18-20-22-24-26-28-30-31-32-33-34-36-38-40-42-44-46-48-50-52-54-56-62(66)63-60(59-70-71(67,68)69-58-57-64(3,4)5)61(65)55-53-51-49-47-45-43-41-39-37-35-29-27-25-23-21-19-17-15-13-11-9-7-2/h8,10,14,16,20,22,26,28,31-32,37,39,45,47,53,55,60-61,65H,6-7,9,11-13,15,17-19,21,23-25,27,29-30,33-36,38,40-44,46,48-52,54,56-59H2,1-5H3,(H-,63,66,67,68)/b10-8-,16-14-,22-20-,28-26-,32-31-,39-37+,47-45+,55-53+. The molecular weight excluding hydrogens is 900 g/mol. The summed E-state index contributed by atoms with van der Waals surface area (Å²) in [6, 6.07) is -0.918. The molecule has 3 atom stereocenters. The predicted molar refractivity (Wildman–Crippen MR) is 306 cm³/mol. The molecule has 410 valence electrons. The van der Waals surface area contributed by atoms with E-state index in [1.54, 1.807) is 6.08 Å². The van der Waals surface area contributed by atoms with E-state index in [-0.39, 0.29) is 12.5 Å². The lowest BCUT2D eigenvalue weighted by atomic mass is 10.0. The fourth-order valence-corrected chi connectivity index (χ4v) is 8.70. The van der Waals surface area contributed by atoms with Crippen LogP contribution in [0.25, 0.3) is 0 Å². The molecule has 0 aliphatic carbocycles. The van der Waals surface area contributed by atoms with Gasteiger partial charge in [-0.2, -0.15) is 0 Å². The van der Waals surface area contributed by atoms with E-state index in [0.717, 1.165) is 77.0 Å². The van der Waals surface area contributed by atoms with E-state index in [4.69, 9.17) is 9.05 Å². The van der Waals surface area contributed by atoms with Gasteiger partial charge >= 0.3 is 0 Å². The Morgan fingerprint density at radius 2 is 0.873 bits per heavy atom. The lowest BCUT2D eigenvalue weighted by Gasteiger charge is -2.29. The Balaban J connectivity index is 4.30. The third-order valence-electron chi connectivity index (χ3n) is 12.5. The number of aliphatic hydroxyl groups excluding tert-OH is 1. The highest BCUT2D eigenvalue weighted by molar-refractivity contribution is 7.45. The molecule has 0 fully saturated rings. The Kier molecular flexibility index (Phi) is 50.4. The highest BCUT2D eigenvalue weighted by Crippen LogP contribution is 2.38. The molecule has 9 heteroatoms. The molecule has 0 heterocycles. The van der Waals surface area contributed by atoms with Gasteiger partial charge in [0.2, 0.25) is 5.91 Å². The first kappa shape index (κ1) is 68.4. The molecular formula is C62H111N2O6P. The lowest BCUT2D eigenvalue weighted by molar-refractivity contribution is -0.870. The van der Waals surface area contributed by atoms with E-state index >= 15 is 0 Å². The van der Waals surface area contributed by atoms with Crippen LogP contribution >= 0.6 is 7.82 Å². The normalized spacial score (nSPS) is 14.6. The summed E-state index contributed by atoms with van der Waals surface area (Å²) in [7, 11) is 1.22. The van der Waals surface area contributed by atoms with Crippen LogP contribution in [-0.4, -0.2) is 68.5 Å². The van der Waals surface area contributed by atoms with Gasteiger partial charge in [0.05, 0.1) is 39.9 Å². The van der Waals surface area contributed by atoms with Crippen LogP contribution in [0.3, 0.4) is 0 Å². The van der Waals surface area contributed by atoms with Crippen molar-refractivity contribution >= 4 is 13.7 Å². The number of hydrogen-bond donors (Lipinski definition) is 2. The van der Waals surface area contributed by atoms with Crippen LogP contribution in [0.5, 0.6) is 0 Å². The number of unbranched alkanes of at least 4 members (excludes halogenated alkanes) is 25. The zero-order chi connectivity index (χ0) is 52.0. The first-order valence-electron chi connectivity index (χ1n) is 29.1. The van der Waals surface area contributed by atoms with Crippen LogP contribution < -0.4 is 10.2 Å². The molecule has 0 bridgehead atoms. The smallest absolute Gasteiger partial charge is 0.268 e. The molecule has 71 heavy (non-hydrogen) atoms. The minimum Gasteiger partial charge on any atom is -0.756 e. The van der Waals surface area contributed by atoms with Crippen molar-refractivity contribution in [1.29, 1.82) is 0 Å². The van der Waals surface area contributed by atoms with Crippen molar-refractivity contribution in [2.45, 2.75) is 251 Å². The summed E-state index contributed by atoms with van der Waals surface area (Å²) in [5.41, 5.74) is 0. The number of rotatable bonds is 52. The average molecular weight is 1010 g/mol. The number of nitrogens with zero attached hydrogens (tertiary/aromatic N) is 1. The molecule has 0 aliphatic rings. The van der Waals surface area contributed by atoms with Crippen LogP contribution in [0.15, 0.2) is 97.2 Å². The van der Waals surface area contributed by atoms with Crippen LogP contribution in [0.1, 0.15) is 239 Å². The van der Waals surface area contributed by atoms with E-state index in [1.807, 2.05) is 27.2 Å². The number of amides is 1. The minimum absolute atomic E-state index is 0.0139. The SMILES string of the molecule is CC/C=C\C/C=C\C/C=C\C/C=C\C/C=C\CCCCCCCCCCCCCC(=O)NC(COP(=O)([O-])OCC[N+](C)(C)C)C(O)/C=C/CC/C=C/CC/C=C/CCCCCCCCCCCCCC. The molecule has 0 aromatic carbocycles. The Morgan fingerprint density at radius 1 is 0.507 bits per heavy atom. The molecule has 0 spiro atoms. The fraction of sp³-hybridized carbons (Fsp3) is 0.726. The highest BCUT2D eigenvalue weighted by Gasteiger charge is 2.23. The second-order valence-corrected chi connectivity index (χ2v) is 22.0. The number of allylic oxidation sites excluding steroid dienone is 15. The lowest BCUT2D eigenvalue weighted by Crippen LogP contribution is -2.45. The van der Waals surface area contributed by atoms with Gasteiger partial charge in [-0.15, -0.1) is 0 Å². The third kappa shape index (κ3) is 55.0. The van der Waals surface area contributed by atoms with Crippen molar-refractivity contribution in [3.8, 4) is 0 Å². The van der Waals surface area contributed by atoms with Gasteiger partial charge in [0, 0.05) is 6.42 Å². The minimum atomic E-state index is -4.62. The molecule has 0 aromatic rings. The second-order valence-electron chi connectivity index (χ2n) is 20.6. The van der Waals surface area contributed by atoms with E-state index < -0.39 is 26.6 Å². The first-order chi connectivity index (χ1) is 34.5. The van der Waals surface area contributed by atoms with E-state index in [1.165, 1.54) is 141 Å². The first-order valence-corrected chi connectivity index (χ1v) is 30.6. The maximum Gasteiger partial charge on any atom is 0.268 e. The molecule has 0 aliphatic heterocycles. The van der Waals surface area contributed by atoms with Crippen molar-refractivity contribution in [1.82, 2.24) is 5.32 Å². The zero-order valence-electron chi connectivity index (χ0n) is 46.6. The number of phosphoric ester groups is 1. The van der Waals surface area contributed by atoms with Gasteiger partial charge in [-0.25, -0.2) is 0 Å². The molecule has 3 unspecified atom stereocenters. The van der Waals surface area contributed by atoms with Crippen LogP contribution in [0.4, 0.5) is 0 Å². The molecule has 0 saturated carbocycles. The monoisotopic (exact) mass is 1010 g/mol. The Morgan fingerprint density at radius 3 is 1.31 bits per heavy atom. The number of quaternary nitrogens is 1. The molecule has 0 radical (unpaired) electrons. The van der Waals surface area contributed by atoms with Crippen molar-refractivity contribution in [3.05, 3.63) is 97.2 Å².